The molecular formula is C29H42O7Si. The van der Waals surface area contributed by atoms with Crippen molar-refractivity contribution in [3.8, 4) is 0 Å². The standard InChI is InChI=1S/C29H42O7Si/c1-27(2,3)37(20-14-10-8-11-15-20,21-16-12-9-13-17-21)32-19-23-26(36-29(6,7)34-23)24(31)25-22(18-30)33-28(4,5)35-25/h8-17,22-26,30-31H,18-19H2,1-7H3/t22-,23-,24+,25-,26-/m1/s1. The number of benzene rings is 2. The number of ether oxygens (including phenoxy) is 4. The Morgan fingerprint density at radius 1 is 0.784 bits per heavy atom. The van der Waals surface area contributed by atoms with Gasteiger partial charge in [-0.1, -0.05) is 81.4 Å². The van der Waals surface area contributed by atoms with Crippen molar-refractivity contribution >= 4 is 18.7 Å². The second kappa shape index (κ2) is 10.5. The van der Waals surface area contributed by atoms with Crippen LogP contribution >= 0.6 is 0 Å². The van der Waals surface area contributed by atoms with Gasteiger partial charge in [0.25, 0.3) is 8.32 Å². The Kier molecular flexibility index (Phi) is 8.06. The van der Waals surface area contributed by atoms with Gasteiger partial charge in [0.1, 0.15) is 30.5 Å². The van der Waals surface area contributed by atoms with Gasteiger partial charge in [0.15, 0.2) is 11.6 Å². The lowest BCUT2D eigenvalue weighted by molar-refractivity contribution is -0.179. The topological polar surface area (TPSA) is 86.6 Å². The van der Waals surface area contributed by atoms with Crippen LogP contribution in [0.5, 0.6) is 0 Å². The summed E-state index contributed by atoms with van der Waals surface area (Å²) in [6.07, 6.45) is -3.81. The van der Waals surface area contributed by atoms with Crippen molar-refractivity contribution in [2.24, 2.45) is 0 Å². The molecule has 0 saturated carbocycles. The molecule has 2 N–H and O–H groups in total. The highest BCUT2D eigenvalue weighted by Gasteiger charge is 2.55. The fraction of sp³-hybridized carbons (Fsp3) is 0.586. The first-order valence-corrected chi connectivity index (χ1v) is 15.0. The molecule has 0 spiro atoms. The zero-order valence-corrected chi connectivity index (χ0v) is 24.0. The molecule has 5 atom stereocenters. The molecule has 2 aromatic rings. The van der Waals surface area contributed by atoms with Crippen molar-refractivity contribution in [1.82, 2.24) is 0 Å². The van der Waals surface area contributed by atoms with Gasteiger partial charge in [-0.2, -0.15) is 0 Å². The van der Waals surface area contributed by atoms with Crippen molar-refractivity contribution in [1.29, 1.82) is 0 Å². The zero-order valence-electron chi connectivity index (χ0n) is 23.0. The molecule has 2 aromatic carbocycles. The summed E-state index contributed by atoms with van der Waals surface area (Å²) in [6, 6.07) is 20.8. The first-order valence-electron chi connectivity index (χ1n) is 13.0. The van der Waals surface area contributed by atoms with Crippen LogP contribution in [-0.2, 0) is 23.4 Å². The van der Waals surface area contributed by atoms with Gasteiger partial charge in [0.05, 0.1) is 13.2 Å². The first-order chi connectivity index (χ1) is 17.3. The molecule has 37 heavy (non-hydrogen) atoms. The molecule has 204 valence electrons. The number of hydrogen-bond acceptors (Lipinski definition) is 7. The SMILES string of the molecule is CC1(C)O[C@@H]([C@H](O)[C@@H]2OC(C)(C)O[C@@H]2CO[Si](c2ccccc2)(c2ccccc2)C(C)(C)C)[C@@H](CO)O1. The summed E-state index contributed by atoms with van der Waals surface area (Å²) in [5, 5.41) is 23.4. The quantitative estimate of drug-likeness (QED) is 0.508. The molecule has 4 rings (SSSR count). The third kappa shape index (κ3) is 5.72. The van der Waals surface area contributed by atoms with Gasteiger partial charge in [0.2, 0.25) is 0 Å². The van der Waals surface area contributed by atoms with Crippen LogP contribution in [-0.4, -0.2) is 73.8 Å². The van der Waals surface area contributed by atoms with Gasteiger partial charge >= 0.3 is 0 Å². The summed E-state index contributed by atoms with van der Waals surface area (Å²) in [5.41, 5.74) is 0. The Bertz CT molecular complexity index is 982. The van der Waals surface area contributed by atoms with E-state index in [0.29, 0.717) is 0 Å². The highest BCUT2D eigenvalue weighted by molar-refractivity contribution is 6.99. The maximum atomic E-state index is 11.4. The van der Waals surface area contributed by atoms with Gasteiger partial charge in [0, 0.05) is 0 Å². The van der Waals surface area contributed by atoms with E-state index in [1.165, 1.54) is 10.4 Å². The largest absolute Gasteiger partial charge is 0.405 e. The number of aliphatic hydroxyl groups is 2. The highest BCUT2D eigenvalue weighted by Crippen LogP contribution is 2.40. The minimum absolute atomic E-state index is 0.201. The van der Waals surface area contributed by atoms with Crippen LogP contribution < -0.4 is 10.4 Å². The van der Waals surface area contributed by atoms with Crippen LogP contribution in [0.15, 0.2) is 60.7 Å². The van der Waals surface area contributed by atoms with Gasteiger partial charge < -0.3 is 33.6 Å². The molecule has 0 aromatic heterocycles. The van der Waals surface area contributed by atoms with Crippen LogP contribution in [0.1, 0.15) is 48.5 Å². The van der Waals surface area contributed by atoms with E-state index in [9.17, 15) is 10.2 Å². The van der Waals surface area contributed by atoms with E-state index in [2.05, 4.69) is 45.0 Å². The summed E-state index contributed by atoms with van der Waals surface area (Å²) in [5.74, 6) is -1.84. The fourth-order valence-corrected chi connectivity index (χ4v) is 10.3. The first kappa shape index (κ1) is 28.4. The normalized spacial score (nSPS) is 28.4. The molecule has 0 radical (unpaired) electrons. The van der Waals surface area contributed by atoms with Crippen molar-refractivity contribution in [3.05, 3.63) is 60.7 Å². The van der Waals surface area contributed by atoms with Gasteiger partial charge in [-0.05, 0) is 43.1 Å². The molecule has 2 saturated heterocycles. The fourth-order valence-electron chi connectivity index (χ4n) is 5.73. The van der Waals surface area contributed by atoms with Gasteiger partial charge in [-0.15, -0.1) is 0 Å². The lowest BCUT2D eigenvalue weighted by atomic mass is 10.00. The van der Waals surface area contributed by atoms with Crippen LogP contribution in [0, 0.1) is 0 Å². The Morgan fingerprint density at radius 3 is 1.65 bits per heavy atom. The Balaban J connectivity index is 1.67. The average molecular weight is 531 g/mol. The van der Waals surface area contributed by atoms with E-state index in [1.807, 2.05) is 50.2 Å². The summed E-state index contributed by atoms with van der Waals surface area (Å²) < 4.78 is 31.4. The number of aliphatic hydroxyl groups excluding tert-OH is 2. The van der Waals surface area contributed by atoms with E-state index in [4.69, 9.17) is 23.4 Å². The maximum Gasteiger partial charge on any atom is 0.261 e. The van der Waals surface area contributed by atoms with E-state index in [0.717, 1.165) is 0 Å². The van der Waals surface area contributed by atoms with Crippen molar-refractivity contribution < 1.29 is 33.6 Å². The van der Waals surface area contributed by atoms with Gasteiger partial charge in [-0.3, -0.25) is 0 Å². The summed E-state index contributed by atoms with van der Waals surface area (Å²) in [6.45, 7) is 13.8. The van der Waals surface area contributed by atoms with Crippen molar-refractivity contribution in [2.75, 3.05) is 13.2 Å². The smallest absolute Gasteiger partial charge is 0.261 e. The summed E-state index contributed by atoms with van der Waals surface area (Å²) >= 11 is 0. The summed E-state index contributed by atoms with van der Waals surface area (Å²) in [7, 11) is -2.82. The van der Waals surface area contributed by atoms with Crippen molar-refractivity contribution in [2.45, 2.75) is 95.6 Å². The molecule has 8 heteroatoms. The predicted molar refractivity (Wildman–Crippen MR) is 144 cm³/mol. The van der Waals surface area contributed by atoms with E-state index in [1.54, 1.807) is 13.8 Å². The minimum Gasteiger partial charge on any atom is -0.405 e. The van der Waals surface area contributed by atoms with Gasteiger partial charge in [-0.25, -0.2) is 0 Å². The molecular weight excluding hydrogens is 488 g/mol. The monoisotopic (exact) mass is 530 g/mol. The number of rotatable bonds is 8. The zero-order chi connectivity index (χ0) is 27.1. The van der Waals surface area contributed by atoms with E-state index in [-0.39, 0.29) is 18.3 Å². The minimum atomic E-state index is -2.82. The molecule has 2 aliphatic heterocycles. The average Bonchev–Trinajstić information content (AvgIpc) is 3.33. The molecule has 0 unspecified atom stereocenters. The van der Waals surface area contributed by atoms with E-state index >= 15 is 0 Å². The lowest BCUT2D eigenvalue weighted by Gasteiger charge is -2.43. The molecule has 2 heterocycles. The molecule has 2 fully saturated rings. The molecule has 0 aliphatic carbocycles. The summed E-state index contributed by atoms with van der Waals surface area (Å²) in [4.78, 5) is 0. The molecule has 2 aliphatic rings. The Morgan fingerprint density at radius 2 is 1.22 bits per heavy atom. The highest BCUT2D eigenvalue weighted by atomic mass is 28.4. The Hall–Kier alpha value is -1.62. The van der Waals surface area contributed by atoms with Crippen molar-refractivity contribution in [3.63, 3.8) is 0 Å². The third-order valence-electron chi connectivity index (χ3n) is 7.18. The maximum absolute atomic E-state index is 11.4. The Labute approximate surface area is 221 Å². The van der Waals surface area contributed by atoms with Crippen LogP contribution in [0.4, 0.5) is 0 Å². The molecule has 0 amide bonds. The lowest BCUT2D eigenvalue weighted by Crippen LogP contribution is -2.67. The second-order valence-electron chi connectivity index (χ2n) is 11.9. The van der Waals surface area contributed by atoms with Crippen LogP contribution in [0.25, 0.3) is 0 Å². The predicted octanol–water partition coefficient (Wildman–Crippen LogP) is 2.96. The molecule has 7 nitrogen and oxygen atoms in total. The second-order valence-corrected chi connectivity index (χ2v) is 16.2. The van der Waals surface area contributed by atoms with Crippen LogP contribution in [0.3, 0.4) is 0 Å². The number of hydrogen-bond donors (Lipinski definition) is 2. The van der Waals surface area contributed by atoms with Crippen LogP contribution in [0.2, 0.25) is 5.04 Å². The van der Waals surface area contributed by atoms with E-state index < -0.39 is 50.4 Å². The molecule has 0 bridgehead atoms. The third-order valence-corrected chi connectivity index (χ3v) is 12.2.